The molecule has 2 fully saturated rings. The van der Waals surface area contributed by atoms with Gasteiger partial charge in [-0.1, -0.05) is 190 Å². The highest BCUT2D eigenvalue weighted by Crippen LogP contribution is 2.32. The minimum absolute atomic E-state index is 0.0321. The Hall–Kier alpha value is -3.76. The van der Waals surface area contributed by atoms with Crippen LogP contribution < -0.4 is 0 Å². The fourth-order valence-corrected chi connectivity index (χ4v) is 9.96. The zero-order valence-electron chi connectivity index (χ0n) is 49.9. The van der Waals surface area contributed by atoms with E-state index in [-0.39, 0.29) is 44.4 Å². The third-order valence-electron chi connectivity index (χ3n) is 14.9. The second kappa shape index (κ2) is 48.2. The van der Waals surface area contributed by atoms with Crippen LogP contribution in [0.15, 0.2) is 72.9 Å². The molecule has 2 unspecified atom stereocenters. The number of allylic oxidation sites excluding steroid dienone is 12. The van der Waals surface area contributed by atoms with Crippen LogP contribution in [-0.2, 0) is 42.9 Å². The molecule has 2 saturated heterocycles. The fraction of sp³-hybridized carbons (Fsp3) is 0.761. The van der Waals surface area contributed by atoms with Gasteiger partial charge < -0.3 is 28.6 Å². The Morgan fingerprint density at radius 1 is 0.506 bits per heavy atom. The van der Waals surface area contributed by atoms with Crippen LogP contribution in [0.3, 0.4) is 0 Å². The van der Waals surface area contributed by atoms with Crippen molar-refractivity contribution in [1.82, 2.24) is 4.90 Å². The molecule has 0 N–H and O–H groups in total. The van der Waals surface area contributed by atoms with Crippen molar-refractivity contribution < 1.29 is 42.9 Å². The van der Waals surface area contributed by atoms with Crippen molar-refractivity contribution in [1.29, 1.82) is 0 Å². The van der Waals surface area contributed by atoms with Gasteiger partial charge in [0, 0.05) is 25.8 Å². The van der Waals surface area contributed by atoms with E-state index in [2.05, 4.69) is 98.6 Å². The molecule has 2 heterocycles. The summed E-state index contributed by atoms with van der Waals surface area (Å²) in [6, 6.07) is 0. The van der Waals surface area contributed by atoms with Gasteiger partial charge in [0.25, 0.3) is 0 Å². The SMILES string of the molecule is CCCCC/C=C\C/C=C\CCCCCCCC(=O)O[C@H]1COC([C@@H](COC(=O)C2(C)CCN(C)C2)OC(=O)CCCCCCC/C=C\C/C=C\CCCCC)[C@@H]1OC(=O)CCCCCCC/C=C\C/C=C\CCCCC. The zero-order valence-corrected chi connectivity index (χ0v) is 49.9. The van der Waals surface area contributed by atoms with Gasteiger partial charge in [-0.15, -0.1) is 0 Å². The number of hydrogen-bond acceptors (Lipinski definition) is 10. The van der Waals surface area contributed by atoms with E-state index in [1.165, 1.54) is 64.2 Å². The molecule has 2 aliphatic heterocycles. The maximum absolute atomic E-state index is 13.6. The number of rotatable bonds is 49. The van der Waals surface area contributed by atoms with Crippen LogP contribution in [0.5, 0.6) is 0 Å². The predicted octanol–water partition coefficient (Wildman–Crippen LogP) is 17.4. The molecule has 0 radical (unpaired) electrons. The lowest BCUT2D eigenvalue weighted by molar-refractivity contribution is -0.181. The summed E-state index contributed by atoms with van der Waals surface area (Å²) in [7, 11) is 1.98. The van der Waals surface area contributed by atoms with Crippen molar-refractivity contribution in [3.05, 3.63) is 72.9 Å². The van der Waals surface area contributed by atoms with Crippen LogP contribution in [0, 0.1) is 5.41 Å². The molecule has 0 bridgehead atoms. The van der Waals surface area contributed by atoms with Crippen molar-refractivity contribution >= 4 is 23.9 Å². The molecule has 0 aromatic carbocycles. The Morgan fingerprint density at radius 3 is 1.29 bits per heavy atom. The molecule has 2 aliphatic rings. The van der Waals surface area contributed by atoms with Crippen molar-refractivity contribution in [3.63, 3.8) is 0 Å². The number of unbranched alkanes of at least 4 members (excludes halogenated alkanes) is 24. The zero-order chi connectivity index (χ0) is 55.7. The highest BCUT2D eigenvalue weighted by molar-refractivity contribution is 5.77. The first-order chi connectivity index (χ1) is 37.6. The predicted molar refractivity (Wildman–Crippen MR) is 319 cm³/mol. The topological polar surface area (TPSA) is 118 Å². The summed E-state index contributed by atoms with van der Waals surface area (Å²) in [6.07, 6.45) is 60.1. The van der Waals surface area contributed by atoms with E-state index in [1.54, 1.807) is 0 Å². The van der Waals surface area contributed by atoms with Gasteiger partial charge in [-0.05, 0) is 143 Å². The molecular formula is C67H113NO9. The average molecular weight is 1080 g/mol. The lowest BCUT2D eigenvalue weighted by atomic mass is 9.90. The first kappa shape index (κ1) is 69.3. The molecule has 10 nitrogen and oxygen atoms in total. The highest BCUT2D eigenvalue weighted by Gasteiger charge is 2.49. The van der Waals surface area contributed by atoms with Crippen LogP contribution in [0.4, 0.5) is 0 Å². The number of likely N-dealkylation sites (tertiary alicyclic amines) is 1. The van der Waals surface area contributed by atoms with Gasteiger partial charge >= 0.3 is 23.9 Å². The standard InChI is InChI=1S/C67H113NO9/c1-6-9-12-15-18-21-24-27-30-33-36-39-42-45-48-51-61(69)75-59(57-74-66(72)67(4)54-55-68(5)58-67)64-65(77-63(71)53-50-47-44-41-38-35-32-29-26-23-20-17-14-11-8-3)60(56-73-64)76-62(70)52-49-46-43-40-37-34-31-28-25-22-19-16-13-10-7-2/h18-23,27-32,59-60,64-65H,6-17,24-26,33-58H2,1-5H3/b21-18-,22-19-,23-20-,30-27-,31-28-,32-29-/t59-,60+,64?,65-,67?/m1/s1. The van der Waals surface area contributed by atoms with E-state index < -0.39 is 41.8 Å². The maximum atomic E-state index is 13.6. The highest BCUT2D eigenvalue weighted by atomic mass is 16.7. The first-order valence-electron chi connectivity index (χ1n) is 31.6. The van der Waals surface area contributed by atoms with Crippen LogP contribution in [0.1, 0.15) is 265 Å². The minimum Gasteiger partial charge on any atom is -0.461 e. The van der Waals surface area contributed by atoms with Crippen LogP contribution >= 0.6 is 0 Å². The van der Waals surface area contributed by atoms with E-state index in [0.717, 1.165) is 135 Å². The average Bonchev–Trinajstić information content (AvgIpc) is 3.99. The lowest BCUT2D eigenvalue weighted by Crippen LogP contribution is -2.47. The van der Waals surface area contributed by atoms with E-state index in [0.29, 0.717) is 32.2 Å². The van der Waals surface area contributed by atoms with Crippen molar-refractivity contribution in [3.8, 4) is 0 Å². The Kier molecular flexibility index (Phi) is 43.4. The molecule has 10 heteroatoms. The Balaban J connectivity index is 2.00. The minimum atomic E-state index is -1.06. The van der Waals surface area contributed by atoms with Crippen LogP contribution in [0.25, 0.3) is 0 Å². The van der Waals surface area contributed by atoms with E-state index in [9.17, 15) is 19.2 Å². The summed E-state index contributed by atoms with van der Waals surface area (Å²) in [5.41, 5.74) is -0.701. The molecule has 440 valence electrons. The Morgan fingerprint density at radius 2 is 0.883 bits per heavy atom. The van der Waals surface area contributed by atoms with Gasteiger partial charge in [0.15, 0.2) is 18.3 Å². The number of hydrogen-bond donors (Lipinski definition) is 0. The van der Waals surface area contributed by atoms with E-state index >= 15 is 0 Å². The maximum Gasteiger partial charge on any atom is 0.313 e. The largest absolute Gasteiger partial charge is 0.461 e. The molecule has 0 aromatic heterocycles. The normalized spacial score (nSPS) is 19.6. The number of carbonyl (C=O) groups is 4. The summed E-state index contributed by atoms with van der Waals surface area (Å²) >= 11 is 0. The summed E-state index contributed by atoms with van der Waals surface area (Å²) in [4.78, 5) is 56.3. The summed E-state index contributed by atoms with van der Waals surface area (Å²) in [5.74, 6) is -1.59. The third-order valence-corrected chi connectivity index (χ3v) is 14.9. The van der Waals surface area contributed by atoms with Gasteiger partial charge in [-0.3, -0.25) is 19.2 Å². The van der Waals surface area contributed by atoms with Crippen molar-refractivity contribution in [2.24, 2.45) is 5.41 Å². The summed E-state index contributed by atoms with van der Waals surface area (Å²) in [6.45, 7) is 9.64. The molecule has 0 aliphatic carbocycles. The van der Waals surface area contributed by atoms with Gasteiger partial charge in [-0.2, -0.15) is 0 Å². The van der Waals surface area contributed by atoms with Crippen molar-refractivity contribution in [2.75, 3.05) is 33.4 Å². The number of carbonyl (C=O) groups excluding carboxylic acids is 4. The molecule has 0 aromatic rings. The Bertz CT molecular complexity index is 1680. The molecule has 0 amide bonds. The van der Waals surface area contributed by atoms with Gasteiger partial charge in [-0.25, -0.2) is 0 Å². The van der Waals surface area contributed by atoms with E-state index in [4.69, 9.17) is 23.7 Å². The lowest BCUT2D eigenvalue weighted by Gasteiger charge is -2.30. The number of nitrogens with zero attached hydrogens (tertiary/aromatic N) is 1. The number of esters is 4. The second-order valence-corrected chi connectivity index (χ2v) is 22.4. The second-order valence-electron chi connectivity index (χ2n) is 22.4. The van der Waals surface area contributed by atoms with E-state index in [1.807, 2.05) is 14.0 Å². The molecule has 0 spiro atoms. The number of ether oxygens (including phenoxy) is 5. The smallest absolute Gasteiger partial charge is 0.313 e. The van der Waals surface area contributed by atoms with Gasteiger partial charge in [0.1, 0.15) is 12.7 Å². The fourth-order valence-electron chi connectivity index (χ4n) is 9.96. The van der Waals surface area contributed by atoms with Gasteiger partial charge in [0.2, 0.25) is 0 Å². The Labute approximate surface area is 471 Å². The van der Waals surface area contributed by atoms with Crippen LogP contribution in [0.2, 0.25) is 0 Å². The monoisotopic (exact) mass is 1080 g/mol. The molecule has 77 heavy (non-hydrogen) atoms. The summed E-state index contributed by atoms with van der Waals surface area (Å²) < 4.78 is 30.6. The third kappa shape index (κ3) is 36.9. The summed E-state index contributed by atoms with van der Waals surface area (Å²) in [5, 5.41) is 0. The van der Waals surface area contributed by atoms with Gasteiger partial charge in [0.05, 0.1) is 12.0 Å². The molecular weight excluding hydrogens is 963 g/mol. The molecule has 5 atom stereocenters. The molecule has 2 rings (SSSR count). The van der Waals surface area contributed by atoms with Crippen molar-refractivity contribution in [2.45, 2.75) is 290 Å². The first-order valence-corrected chi connectivity index (χ1v) is 31.6. The van der Waals surface area contributed by atoms with Crippen LogP contribution in [-0.4, -0.2) is 86.5 Å². The quantitative estimate of drug-likeness (QED) is 0.0252. The molecule has 0 saturated carbocycles.